The third-order valence-corrected chi connectivity index (χ3v) is 6.63. The molecule has 1 saturated heterocycles. The van der Waals surface area contributed by atoms with Crippen LogP contribution in [0.5, 0.6) is 0 Å². The van der Waals surface area contributed by atoms with Gasteiger partial charge >= 0.3 is 0 Å². The minimum Gasteiger partial charge on any atom is -0.387 e. The predicted octanol–water partition coefficient (Wildman–Crippen LogP) is 4.61. The number of hydrogen-bond donors (Lipinski definition) is 0. The summed E-state index contributed by atoms with van der Waals surface area (Å²) >= 11 is 13.6. The quantitative estimate of drug-likeness (QED) is 0.674. The molecule has 0 N–H and O–H groups in total. The van der Waals surface area contributed by atoms with Crippen LogP contribution in [0.15, 0.2) is 34.8 Å². The van der Waals surface area contributed by atoms with E-state index < -0.39 is 0 Å². The smallest absolute Gasteiger partial charge is 0.237 e. The van der Waals surface area contributed by atoms with Gasteiger partial charge in [0.1, 0.15) is 11.6 Å². The molecule has 2 aromatic rings. The molecular formula is C19H19Cl2N3O2S. The molecule has 0 saturated carbocycles. The topological polar surface area (TPSA) is 54.8 Å². The van der Waals surface area contributed by atoms with E-state index in [-0.39, 0.29) is 17.9 Å². The number of carbonyl (C=O) groups excluding carboxylic acids is 1. The number of rotatable bonds is 4. The number of thiazole rings is 1. The summed E-state index contributed by atoms with van der Waals surface area (Å²) in [6.45, 7) is 1.48. The number of oxime groups is 1. The van der Waals surface area contributed by atoms with Crippen LogP contribution in [0.3, 0.4) is 0 Å². The van der Waals surface area contributed by atoms with Crippen molar-refractivity contribution in [2.75, 3.05) is 19.0 Å². The van der Waals surface area contributed by atoms with Crippen LogP contribution in [0.1, 0.15) is 47.5 Å². The molecule has 0 radical (unpaired) electrons. The Labute approximate surface area is 171 Å². The van der Waals surface area contributed by atoms with Gasteiger partial charge < -0.3 is 9.74 Å². The Morgan fingerprint density at radius 2 is 2.07 bits per heavy atom. The predicted molar refractivity (Wildman–Crippen MR) is 108 cm³/mol. The van der Waals surface area contributed by atoms with Crippen LogP contribution < -0.4 is 0 Å². The Bertz CT molecular complexity index is 862. The van der Waals surface area contributed by atoms with Gasteiger partial charge in [-0.05, 0) is 18.9 Å². The Balaban J connectivity index is 1.39. The van der Waals surface area contributed by atoms with Gasteiger partial charge in [-0.2, -0.15) is 0 Å². The lowest BCUT2D eigenvalue weighted by atomic mass is 9.97. The molecule has 1 fully saturated rings. The fourth-order valence-electron chi connectivity index (χ4n) is 3.50. The summed E-state index contributed by atoms with van der Waals surface area (Å²) in [5, 5.41) is 8.08. The van der Waals surface area contributed by atoms with Crippen LogP contribution in [0.2, 0.25) is 5.02 Å². The molecule has 2 aliphatic heterocycles. The normalized spacial score (nSPS) is 20.4. The zero-order valence-electron chi connectivity index (χ0n) is 14.6. The van der Waals surface area contributed by atoms with Gasteiger partial charge in [0.2, 0.25) is 5.91 Å². The van der Waals surface area contributed by atoms with Gasteiger partial charge in [-0.1, -0.05) is 35.0 Å². The molecule has 1 aromatic carbocycles. The van der Waals surface area contributed by atoms with Crippen LogP contribution in [-0.2, 0) is 9.63 Å². The maximum absolute atomic E-state index is 11.7. The van der Waals surface area contributed by atoms with E-state index in [4.69, 9.17) is 33.0 Å². The summed E-state index contributed by atoms with van der Waals surface area (Å²) in [5.74, 6) is 0.446. The Morgan fingerprint density at radius 3 is 2.81 bits per heavy atom. The van der Waals surface area contributed by atoms with Crippen LogP contribution >= 0.6 is 34.5 Å². The molecule has 1 aromatic heterocycles. The van der Waals surface area contributed by atoms with Gasteiger partial charge in [0.15, 0.2) is 6.10 Å². The highest BCUT2D eigenvalue weighted by molar-refractivity contribution is 7.10. The van der Waals surface area contributed by atoms with Gasteiger partial charge in [-0.25, -0.2) is 4.98 Å². The molecule has 0 aliphatic carbocycles. The Kier molecular flexibility index (Phi) is 5.66. The van der Waals surface area contributed by atoms with Gasteiger partial charge in [-0.15, -0.1) is 22.9 Å². The number of amides is 1. The summed E-state index contributed by atoms with van der Waals surface area (Å²) in [6, 6.07) is 7.68. The van der Waals surface area contributed by atoms with Crippen molar-refractivity contribution < 1.29 is 9.63 Å². The minimum absolute atomic E-state index is 0.0121. The van der Waals surface area contributed by atoms with E-state index in [9.17, 15) is 4.79 Å². The minimum atomic E-state index is -0.163. The van der Waals surface area contributed by atoms with E-state index in [2.05, 4.69) is 5.16 Å². The number of aromatic nitrogens is 1. The van der Waals surface area contributed by atoms with E-state index in [1.165, 1.54) is 0 Å². The van der Waals surface area contributed by atoms with Crippen molar-refractivity contribution in [1.82, 2.24) is 9.88 Å². The lowest BCUT2D eigenvalue weighted by Crippen LogP contribution is -2.38. The molecule has 4 rings (SSSR count). The first-order chi connectivity index (χ1) is 13.2. The maximum atomic E-state index is 11.7. The van der Waals surface area contributed by atoms with Crippen LogP contribution in [0.4, 0.5) is 0 Å². The zero-order valence-corrected chi connectivity index (χ0v) is 16.9. The average molecular weight is 424 g/mol. The van der Waals surface area contributed by atoms with E-state index in [1.54, 1.807) is 11.3 Å². The average Bonchev–Trinajstić information content (AvgIpc) is 3.37. The lowest BCUT2D eigenvalue weighted by Gasteiger charge is -2.30. The second-order valence-corrected chi connectivity index (χ2v) is 8.28. The first kappa shape index (κ1) is 18.7. The van der Waals surface area contributed by atoms with Crippen molar-refractivity contribution in [2.24, 2.45) is 5.16 Å². The molecule has 1 unspecified atom stereocenters. The number of likely N-dealkylation sites (tertiary alicyclic amines) is 1. The summed E-state index contributed by atoms with van der Waals surface area (Å²) in [4.78, 5) is 23.9. The van der Waals surface area contributed by atoms with E-state index >= 15 is 0 Å². The molecule has 2 aliphatic rings. The third-order valence-electron chi connectivity index (χ3n) is 5.05. The highest BCUT2D eigenvalue weighted by Crippen LogP contribution is 2.35. The van der Waals surface area contributed by atoms with Crippen LogP contribution in [0.25, 0.3) is 0 Å². The summed E-state index contributed by atoms with van der Waals surface area (Å²) < 4.78 is 0. The number of carbonyl (C=O) groups is 1. The van der Waals surface area contributed by atoms with Crippen LogP contribution in [0, 0.1) is 0 Å². The van der Waals surface area contributed by atoms with Gasteiger partial charge in [0.25, 0.3) is 0 Å². The standard InChI is InChI=1S/C19H19Cl2N3O2S/c20-10-18(25)24-7-5-12(6-8-24)19-22-16(11-27-19)15-9-17(26-23-15)13-3-1-2-4-14(13)21/h1-4,11-12,17H,5-10H2. The number of benzene rings is 1. The molecule has 0 spiro atoms. The molecular weight excluding hydrogens is 405 g/mol. The monoisotopic (exact) mass is 423 g/mol. The molecule has 1 atom stereocenters. The molecule has 8 heteroatoms. The van der Waals surface area contributed by atoms with E-state index in [1.807, 2.05) is 34.5 Å². The molecule has 5 nitrogen and oxygen atoms in total. The van der Waals surface area contributed by atoms with Crippen molar-refractivity contribution in [3.05, 3.63) is 50.9 Å². The Morgan fingerprint density at radius 1 is 1.30 bits per heavy atom. The highest BCUT2D eigenvalue weighted by atomic mass is 35.5. The fraction of sp³-hybridized carbons (Fsp3) is 0.421. The summed E-state index contributed by atoms with van der Waals surface area (Å²) in [6.07, 6.45) is 2.33. The molecule has 1 amide bonds. The van der Waals surface area contributed by atoms with Gasteiger partial charge in [0, 0.05) is 41.4 Å². The molecule has 142 valence electrons. The van der Waals surface area contributed by atoms with Crippen molar-refractivity contribution in [1.29, 1.82) is 0 Å². The number of nitrogens with zero attached hydrogens (tertiary/aromatic N) is 3. The number of halogens is 2. The fourth-order valence-corrected chi connectivity index (χ4v) is 4.93. The molecule has 3 heterocycles. The number of hydrogen-bond acceptors (Lipinski definition) is 5. The van der Waals surface area contributed by atoms with Crippen molar-refractivity contribution in [3.8, 4) is 0 Å². The third kappa shape index (κ3) is 3.98. The van der Waals surface area contributed by atoms with E-state index in [0.717, 1.165) is 47.9 Å². The van der Waals surface area contributed by atoms with Crippen LogP contribution in [-0.4, -0.2) is 40.5 Å². The SMILES string of the molecule is O=C(CCl)N1CCC(c2nc(C3=NOC(c4ccccc4Cl)C3)cs2)CC1. The van der Waals surface area contributed by atoms with E-state index in [0.29, 0.717) is 17.4 Å². The summed E-state index contributed by atoms with van der Waals surface area (Å²) in [5.41, 5.74) is 2.69. The van der Waals surface area contributed by atoms with Crippen molar-refractivity contribution in [2.45, 2.75) is 31.3 Å². The molecule has 27 heavy (non-hydrogen) atoms. The number of alkyl halides is 1. The maximum Gasteiger partial charge on any atom is 0.237 e. The second-order valence-electron chi connectivity index (χ2n) is 6.72. The number of piperidine rings is 1. The zero-order chi connectivity index (χ0) is 18.8. The van der Waals surface area contributed by atoms with Crippen molar-refractivity contribution >= 4 is 46.2 Å². The van der Waals surface area contributed by atoms with Gasteiger partial charge in [0.05, 0.1) is 10.7 Å². The first-order valence-electron chi connectivity index (χ1n) is 8.92. The second kappa shape index (κ2) is 8.17. The highest BCUT2D eigenvalue weighted by Gasteiger charge is 2.29. The van der Waals surface area contributed by atoms with Crippen molar-refractivity contribution in [3.63, 3.8) is 0 Å². The summed E-state index contributed by atoms with van der Waals surface area (Å²) in [7, 11) is 0. The first-order valence-corrected chi connectivity index (χ1v) is 10.7. The lowest BCUT2D eigenvalue weighted by molar-refractivity contribution is -0.129. The molecule has 0 bridgehead atoms. The Hall–Kier alpha value is -1.63. The largest absolute Gasteiger partial charge is 0.387 e. The van der Waals surface area contributed by atoms with Gasteiger partial charge in [-0.3, -0.25) is 4.79 Å².